The van der Waals surface area contributed by atoms with Gasteiger partial charge in [-0.3, -0.25) is 5.41 Å². The second kappa shape index (κ2) is 5.12. The van der Waals surface area contributed by atoms with Crippen molar-refractivity contribution in [2.24, 2.45) is 11.7 Å². The SMILES string of the molecule is CC(CN(C)Cc1ccsc1)C(=N)N. The number of hydrogen-bond acceptors (Lipinski definition) is 3. The maximum Gasteiger partial charge on any atom is 0.0947 e. The number of hydrogen-bond donors (Lipinski definition) is 2. The first-order valence-corrected chi connectivity index (χ1v) is 5.57. The Bertz CT molecular complexity index is 282. The maximum absolute atomic E-state index is 7.30. The van der Waals surface area contributed by atoms with Gasteiger partial charge in [-0.05, 0) is 29.4 Å². The molecule has 0 fully saturated rings. The molecule has 0 radical (unpaired) electrons. The largest absolute Gasteiger partial charge is 0.387 e. The number of rotatable bonds is 5. The molecule has 1 heterocycles. The Balaban J connectivity index is 2.36. The topological polar surface area (TPSA) is 53.1 Å². The van der Waals surface area contributed by atoms with Crippen LogP contribution in [0.5, 0.6) is 0 Å². The van der Waals surface area contributed by atoms with Crippen LogP contribution in [-0.4, -0.2) is 24.3 Å². The van der Waals surface area contributed by atoms with Crippen LogP contribution in [0.2, 0.25) is 0 Å². The van der Waals surface area contributed by atoms with Gasteiger partial charge in [0.05, 0.1) is 5.84 Å². The van der Waals surface area contributed by atoms with Crippen molar-refractivity contribution in [2.75, 3.05) is 13.6 Å². The Labute approximate surface area is 89.0 Å². The Morgan fingerprint density at radius 2 is 2.43 bits per heavy atom. The predicted molar refractivity (Wildman–Crippen MR) is 61.7 cm³/mol. The summed E-state index contributed by atoms with van der Waals surface area (Å²) >= 11 is 1.71. The highest BCUT2D eigenvalue weighted by atomic mass is 32.1. The zero-order chi connectivity index (χ0) is 10.6. The minimum atomic E-state index is 0.138. The van der Waals surface area contributed by atoms with Crippen LogP contribution >= 0.6 is 11.3 Å². The maximum atomic E-state index is 7.30. The summed E-state index contributed by atoms with van der Waals surface area (Å²) in [6, 6.07) is 2.12. The molecule has 0 aromatic carbocycles. The van der Waals surface area contributed by atoms with E-state index in [1.54, 1.807) is 11.3 Å². The standard InChI is InChI=1S/C10H17N3S/c1-8(10(11)12)5-13(2)6-9-3-4-14-7-9/h3-4,7-8H,5-6H2,1-2H3,(H3,11,12). The van der Waals surface area contributed by atoms with Crippen molar-refractivity contribution in [2.45, 2.75) is 13.5 Å². The van der Waals surface area contributed by atoms with Crippen molar-refractivity contribution in [3.05, 3.63) is 22.4 Å². The van der Waals surface area contributed by atoms with Crippen molar-refractivity contribution in [3.63, 3.8) is 0 Å². The molecule has 0 bridgehead atoms. The second-order valence-corrected chi connectivity index (χ2v) is 4.46. The fourth-order valence-electron chi connectivity index (χ4n) is 1.32. The van der Waals surface area contributed by atoms with Crippen LogP contribution in [0, 0.1) is 11.3 Å². The summed E-state index contributed by atoms with van der Waals surface area (Å²) in [5.41, 5.74) is 6.74. The summed E-state index contributed by atoms with van der Waals surface area (Å²) in [5.74, 6) is 0.404. The zero-order valence-electron chi connectivity index (χ0n) is 8.66. The summed E-state index contributed by atoms with van der Waals surface area (Å²) in [6.07, 6.45) is 0. The predicted octanol–water partition coefficient (Wildman–Crippen LogP) is 1.75. The normalized spacial score (nSPS) is 13.1. The van der Waals surface area contributed by atoms with Crippen molar-refractivity contribution in [3.8, 4) is 0 Å². The average Bonchev–Trinajstić information content (AvgIpc) is 2.56. The summed E-state index contributed by atoms with van der Waals surface area (Å²) in [4.78, 5) is 2.19. The molecule has 1 aromatic heterocycles. The molecule has 1 aromatic rings. The molecule has 0 spiro atoms. The van der Waals surface area contributed by atoms with Gasteiger partial charge in [-0.2, -0.15) is 11.3 Å². The number of nitrogens with zero attached hydrogens (tertiary/aromatic N) is 1. The summed E-state index contributed by atoms with van der Waals surface area (Å²) in [5, 5.41) is 11.5. The summed E-state index contributed by atoms with van der Waals surface area (Å²) in [6.45, 7) is 3.75. The lowest BCUT2D eigenvalue weighted by Gasteiger charge is -2.19. The molecule has 3 nitrogen and oxygen atoms in total. The van der Waals surface area contributed by atoms with Gasteiger partial charge >= 0.3 is 0 Å². The van der Waals surface area contributed by atoms with E-state index in [-0.39, 0.29) is 11.8 Å². The van der Waals surface area contributed by atoms with Crippen molar-refractivity contribution in [1.29, 1.82) is 5.41 Å². The molecule has 0 aliphatic rings. The first-order chi connectivity index (χ1) is 6.59. The third-order valence-corrected chi connectivity index (χ3v) is 2.88. The van der Waals surface area contributed by atoms with Crippen LogP contribution in [0.25, 0.3) is 0 Å². The fraction of sp³-hybridized carbons (Fsp3) is 0.500. The van der Waals surface area contributed by atoms with E-state index in [4.69, 9.17) is 11.1 Å². The van der Waals surface area contributed by atoms with Crippen LogP contribution in [-0.2, 0) is 6.54 Å². The van der Waals surface area contributed by atoms with E-state index in [2.05, 4.69) is 28.8 Å². The van der Waals surface area contributed by atoms with E-state index in [9.17, 15) is 0 Å². The molecule has 1 unspecified atom stereocenters. The fourth-order valence-corrected chi connectivity index (χ4v) is 1.98. The van der Waals surface area contributed by atoms with Gasteiger partial charge in [-0.1, -0.05) is 6.92 Å². The second-order valence-electron chi connectivity index (χ2n) is 3.68. The van der Waals surface area contributed by atoms with Gasteiger partial charge in [0.15, 0.2) is 0 Å². The molecule has 1 atom stereocenters. The molecule has 0 saturated carbocycles. The smallest absolute Gasteiger partial charge is 0.0947 e. The van der Waals surface area contributed by atoms with Gasteiger partial charge < -0.3 is 10.6 Å². The minimum Gasteiger partial charge on any atom is -0.387 e. The van der Waals surface area contributed by atoms with Gasteiger partial charge in [0, 0.05) is 19.0 Å². The van der Waals surface area contributed by atoms with E-state index >= 15 is 0 Å². The molecular weight excluding hydrogens is 194 g/mol. The van der Waals surface area contributed by atoms with Crippen LogP contribution in [0.1, 0.15) is 12.5 Å². The number of nitrogens with one attached hydrogen (secondary N) is 1. The highest BCUT2D eigenvalue weighted by Crippen LogP contribution is 2.09. The van der Waals surface area contributed by atoms with Crippen LogP contribution in [0.4, 0.5) is 0 Å². The molecular formula is C10H17N3S. The molecule has 14 heavy (non-hydrogen) atoms. The van der Waals surface area contributed by atoms with E-state index < -0.39 is 0 Å². The molecule has 1 rings (SSSR count). The van der Waals surface area contributed by atoms with Crippen molar-refractivity contribution < 1.29 is 0 Å². The third-order valence-electron chi connectivity index (χ3n) is 2.15. The van der Waals surface area contributed by atoms with Gasteiger partial charge in [-0.25, -0.2) is 0 Å². The number of nitrogens with two attached hydrogens (primary N) is 1. The van der Waals surface area contributed by atoms with Crippen LogP contribution in [0.3, 0.4) is 0 Å². The molecule has 0 saturated heterocycles. The van der Waals surface area contributed by atoms with Gasteiger partial charge in [0.1, 0.15) is 0 Å². The first-order valence-electron chi connectivity index (χ1n) is 4.63. The third kappa shape index (κ3) is 3.47. The quantitative estimate of drug-likeness (QED) is 0.576. The molecule has 0 amide bonds. The molecule has 0 aliphatic heterocycles. The zero-order valence-corrected chi connectivity index (χ0v) is 9.47. The molecule has 78 valence electrons. The van der Waals surface area contributed by atoms with Crippen LogP contribution < -0.4 is 5.73 Å². The number of thiophene rings is 1. The lowest BCUT2D eigenvalue weighted by Crippen LogP contribution is -2.31. The average molecular weight is 211 g/mol. The highest BCUT2D eigenvalue weighted by molar-refractivity contribution is 7.07. The Hall–Kier alpha value is -0.870. The van der Waals surface area contributed by atoms with Gasteiger partial charge in [0.2, 0.25) is 0 Å². The lowest BCUT2D eigenvalue weighted by atomic mass is 10.1. The van der Waals surface area contributed by atoms with Crippen LogP contribution in [0.15, 0.2) is 16.8 Å². The highest BCUT2D eigenvalue weighted by Gasteiger charge is 2.09. The van der Waals surface area contributed by atoms with E-state index in [0.29, 0.717) is 0 Å². The van der Waals surface area contributed by atoms with E-state index in [0.717, 1.165) is 13.1 Å². The number of amidine groups is 1. The van der Waals surface area contributed by atoms with Gasteiger partial charge in [0.25, 0.3) is 0 Å². The Kier molecular flexibility index (Phi) is 4.10. The molecule has 0 aliphatic carbocycles. The monoisotopic (exact) mass is 211 g/mol. The van der Waals surface area contributed by atoms with Gasteiger partial charge in [-0.15, -0.1) is 0 Å². The lowest BCUT2D eigenvalue weighted by molar-refractivity contribution is 0.307. The van der Waals surface area contributed by atoms with E-state index in [1.165, 1.54) is 5.56 Å². The minimum absolute atomic E-state index is 0.138. The van der Waals surface area contributed by atoms with Crippen molar-refractivity contribution >= 4 is 17.2 Å². The molecule has 4 heteroatoms. The summed E-state index contributed by atoms with van der Waals surface area (Å²) < 4.78 is 0. The Morgan fingerprint density at radius 1 is 1.71 bits per heavy atom. The molecule has 3 N–H and O–H groups in total. The van der Waals surface area contributed by atoms with E-state index in [1.807, 2.05) is 6.92 Å². The first kappa shape index (κ1) is 11.2. The Morgan fingerprint density at radius 3 is 2.93 bits per heavy atom. The summed E-state index contributed by atoms with van der Waals surface area (Å²) in [7, 11) is 2.05. The van der Waals surface area contributed by atoms with Crippen molar-refractivity contribution in [1.82, 2.24) is 4.90 Å².